The summed E-state index contributed by atoms with van der Waals surface area (Å²) < 4.78 is 5.70. The van der Waals surface area contributed by atoms with Gasteiger partial charge in [-0.2, -0.15) is 0 Å². The lowest BCUT2D eigenvalue weighted by molar-refractivity contribution is -0.143. The predicted octanol–water partition coefficient (Wildman–Crippen LogP) is 24.3. The van der Waals surface area contributed by atoms with E-state index in [-0.39, 0.29) is 61.0 Å². The number of carbonyl (C=O) groups is 10. The molecule has 1 aliphatic carbocycles. The highest BCUT2D eigenvalue weighted by atomic mass is 32.2. The summed E-state index contributed by atoms with van der Waals surface area (Å²) in [6, 6.07) is 64.0. The SMILES string of the molecule is CCc1ccc(-n2c(C)nnc2SC(C)(C)C(=O)CC(C)C(=O)O)c2ccccc12.Cc1ccc(-n2c(C)nnc2SC(C)(C)C(=O)CC(C)C(=O)O)c2ccccc12.Cc1nnc(SC(C)(C)C(=O)CC(C)C(=O)O)n1-c1ccc(C(C)C)c2ccccc12.Cc1nnc(SC(C)(C)C(=O)CC(C)C(=O)O)n1-c1ccc(C2CC2)c2ccccc12.Cc1nnc(SC(C)(C)C(=O)CC(C)C(=O)O)n1-c1cccc2ccccc12. The Balaban J connectivity index is 0.000000165. The summed E-state index contributed by atoms with van der Waals surface area (Å²) in [4.78, 5) is 120. The molecular formula is C114H131N15O15S5. The zero-order valence-electron chi connectivity index (χ0n) is 88.7. The van der Waals surface area contributed by atoms with E-state index in [1.807, 2.05) is 176 Å². The van der Waals surface area contributed by atoms with Gasteiger partial charge in [-0.1, -0.05) is 272 Å². The summed E-state index contributed by atoms with van der Waals surface area (Å²) in [6.45, 7) is 43.8. The van der Waals surface area contributed by atoms with Crippen LogP contribution in [0.15, 0.2) is 214 Å². The highest BCUT2D eigenvalue weighted by molar-refractivity contribution is 8.02. The molecule has 0 bridgehead atoms. The van der Waals surface area contributed by atoms with Crippen LogP contribution >= 0.6 is 58.8 Å². The number of hydrogen-bond acceptors (Lipinski definition) is 25. The average Bonchev–Trinajstić information content (AvgIpc) is 1.64. The smallest absolute Gasteiger partial charge is 0.306 e. The largest absolute Gasteiger partial charge is 0.481 e. The Bertz CT molecular complexity index is 7400. The number of rotatable bonds is 38. The van der Waals surface area contributed by atoms with Gasteiger partial charge in [-0.05, 0) is 221 Å². The fourth-order valence-electron chi connectivity index (χ4n) is 17.1. The topological polar surface area (TPSA) is 425 Å². The molecule has 35 heteroatoms. The van der Waals surface area contributed by atoms with Gasteiger partial charge in [0.2, 0.25) is 0 Å². The Morgan fingerprint density at radius 3 is 0.852 bits per heavy atom. The fourth-order valence-corrected chi connectivity index (χ4v) is 22.3. The Kier molecular flexibility index (Phi) is 36.9. The number of thioether (sulfide) groups is 5. The Hall–Kier alpha value is -13.4. The van der Waals surface area contributed by atoms with Crippen LogP contribution in [0.5, 0.6) is 0 Å². The van der Waals surface area contributed by atoms with Gasteiger partial charge in [0.05, 0.1) is 81.8 Å². The molecule has 0 aliphatic heterocycles. The van der Waals surface area contributed by atoms with Crippen molar-refractivity contribution in [2.24, 2.45) is 29.6 Å². The van der Waals surface area contributed by atoms with Gasteiger partial charge in [0.25, 0.3) is 0 Å². The third-order valence-corrected chi connectivity index (χ3v) is 32.5. The van der Waals surface area contributed by atoms with Crippen molar-refractivity contribution in [1.29, 1.82) is 0 Å². The molecule has 0 radical (unpaired) electrons. The molecule has 1 saturated carbocycles. The zero-order valence-corrected chi connectivity index (χ0v) is 92.7. The van der Waals surface area contributed by atoms with Gasteiger partial charge in [0.15, 0.2) is 25.8 Å². The van der Waals surface area contributed by atoms with E-state index < -0.39 is 83.2 Å². The van der Waals surface area contributed by atoms with Gasteiger partial charge in [0.1, 0.15) is 58.0 Å². The van der Waals surface area contributed by atoms with Crippen molar-refractivity contribution in [3.8, 4) is 28.4 Å². The van der Waals surface area contributed by atoms with Crippen molar-refractivity contribution in [3.63, 3.8) is 0 Å². The number of carboxylic acid groups (broad SMARTS) is 5. The number of fused-ring (bicyclic) bond motifs is 5. The number of ketones is 5. The molecule has 0 saturated heterocycles. The van der Waals surface area contributed by atoms with Gasteiger partial charge in [-0.3, -0.25) is 70.8 Å². The van der Waals surface area contributed by atoms with Crippen LogP contribution in [0.1, 0.15) is 233 Å². The normalized spacial score (nSPS) is 13.4. The Morgan fingerprint density at radius 1 is 0.289 bits per heavy atom. The van der Waals surface area contributed by atoms with Crippen LogP contribution in [0.25, 0.3) is 82.3 Å². The maximum atomic E-state index is 12.8. The van der Waals surface area contributed by atoms with Crippen molar-refractivity contribution < 1.29 is 73.5 Å². The van der Waals surface area contributed by atoms with Gasteiger partial charge in [0, 0.05) is 59.0 Å². The van der Waals surface area contributed by atoms with Crippen LogP contribution in [0.3, 0.4) is 0 Å². The molecule has 0 amide bonds. The summed E-state index contributed by atoms with van der Waals surface area (Å²) in [5, 5.41) is 103. The second-order valence-corrected chi connectivity index (χ2v) is 48.6. The van der Waals surface area contributed by atoms with Crippen LogP contribution in [-0.2, 0) is 54.4 Å². The van der Waals surface area contributed by atoms with Gasteiger partial charge in [-0.25, -0.2) is 0 Å². The lowest BCUT2D eigenvalue weighted by Crippen LogP contribution is -2.31. The van der Waals surface area contributed by atoms with E-state index >= 15 is 0 Å². The van der Waals surface area contributed by atoms with E-state index in [0.717, 1.165) is 102 Å². The van der Waals surface area contributed by atoms with E-state index in [0.29, 0.717) is 37.6 Å². The number of aliphatic carboxylic acids is 5. The predicted molar refractivity (Wildman–Crippen MR) is 590 cm³/mol. The Labute approximate surface area is 888 Å². The first-order chi connectivity index (χ1) is 70.2. The number of hydrogen-bond donors (Lipinski definition) is 5. The highest BCUT2D eigenvalue weighted by Crippen LogP contribution is 2.48. The van der Waals surface area contributed by atoms with Crippen LogP contribution in [-0.4, -0.2) is 182 Å². The molecule has 782 valence electrons. The van der Waals surface area contributed by atoms with E-state index in [4.69, 9.17) is 25.5 Å². The molecule has 5 aromatic heterocycles. The first-order valence-corrected chi connectivity index (χ1v) is 53.6. The molecular weight excluding hydrogens is 1980 g/mol. The number of carboxylic acids is 5. The van der Waals surface area contributed by atoms with Crippen LogP contribution in [0, 0.1) is 71.1 Å². The second kappa shape index (κ2) is 48.1. The molecule has 16 rings (SSSR count). The molecule has 1 aliphatic rings. The number of nitrogens with zero attached hydrogens (tertiary/aromatic N) is 15. The minimum Gasteiger partial charge on any atom is -0.481 e. The first kappa shape index (κ1) is 114. The molecule has 15 aromatic rings. The summed E-state index contributed by atoms with van der Waals surface area (Å²) in [5.41, 5.74) is 9.95. The first-order valence-electron chi connectivity index (χ1n) is 49.6. The van der Waals surface area contributed by atoms with Crippen LogP contribution < -0.4 is 0 Å². The Morgan fingerprint density at radius 2 is 0.537 bits per heavy atom. The third kappa shape index (κ3) is 26.9. The molecule has 149 heavy (non-hydrogen) atoms. The fraction of sp³-hybridized carbons (Fsp3) is 0.386. The number of aryl methyl sites for hydroxylation is 7. The van der Waals surface area contributed by atoms with Gasteiger partial charge >= 0.3 is 29.8 Å². The van der Waals surface area contributed by atoms with E-state index in [2.05, 4.69) is 176 Å². The van der Waals surface area contributed by atoms with E-state index in [1.54, 1.807) is 76.2 Å². The van der Waals surface area contributed by atoms with E-state index in [9.17, 15) is 47.9 Å². The number of carbonyl (C=O) groups excluding carboxylic acids is 5. The molecule has 30 nitrogen and oxygen atoms in total. The lowest BCUT2D eigenvalue weighted by atomic mass is 9.95. The molecule has 5 unspecified atom stereocenters. The molecule has 0 spiro atoms. The summed E-state index contributed by atoms with van der Waals surface area (Å²) in [5.74, 6) is -4.37. The zero-order chi connectivity index (χ0) is 109. The summed E-state index contributed by atoms with van der Waals surface area (Å²) in [6.07, 6.45) is 3.33. The molecule has 10 aromatic carbocycles. The van der Waals surface area contributed by atoms with Crippen LogP contribution in [0.2, 0.25) is 0 Å². The maximum Gasteiger partial charge on any atom is 0.306 e. The minimum absolute atomic E-state index is 0.0124. The monoisotopic (exact) mass is 2110 g/mol. The standard InChI is InChI=1S/C24H27N3O3S.C24H29N3O3S.C23H27N3O3S.C22H25N3O3S.C21H23N3O3S/c1-14(22(29)30)13-21(28)24(3,4)31-23-26-25-15(2)27(23)20-12-11-17(16-9-10-16)18-7-5-6-8-19(18)20;1-14(2)17-11-12-20(19-10-8-7-9-18(17)19)27-16(4)25-26-23(27)31-24(5,6)21(28)13-15(3)22(29)30;1-6-16-11-12-19(18-10-8-7-9-17(16)18)26-15(3)24-25-22(26)30-23(4,5)20(27)13-14(2)21(28)29;1-13-10-11-18(17-9-7-6-8-16(13)17)25-15(3)23-24-21(25)29-22(4,5)19(26)12-14(2)20(27)28;1-13(19(26)27)12-18(25)21(3,4)28-20-23-22-14(2)24(20)17-11-7-9-15-8-5-6-10-16(15)17/h5-8,11-12,14,16H,9-10,13H2,1-4H3,(H,29,30);7-12,14-15H,13H2,1-6H3,(H,29,30);7-12,14H,6,13H2,1-5H3,(H,28,29);6-11,14H,12H2,1-5H3,(H,27,28);5-11,13H,12H2,1-4H3,(H,26,27). The molecule has 5 N–H and O–H groups in total. The lowest BCUT2D eigenvalue weighted by Gasteiger charge is -2.23. The highest BCUT2D eigenvalue weighted by Gasteiger charge is 2.41. The van der Waals surface area contributed by atoms with Gasteiger partial charge < -0.3 is 25.5 Å². The quantitative estimate of drug-likeness (QED) is 0.0224. The van der Waals surface area contributed by atoms with Crippen molar-refractivity contribution in [2.75, 3.05) is 0 Å². The maximum absolute atomic E-state index is 12.8. The van der Waals surface area contributed by atoms with Crippen molar-refractivity contribution >= 4 is 171 Å². The van der Waals surface area contributed by atoms with Crippen molar-refractivity contribution in [2.45, 2.75) is 279 Å². The van der Waals surface area contributed by atoms with Crippen molar-refractivity contribution in [1.82, 2.24) is 73.8 Å². The number of Topliss-reactive ketones (excluding diaryl/α,β-unsaturated/α-hetero) is 5. The number of benzene rings is 10. The summed E-state index contributed by atoms with van der Waals surface area (Å²) in [7, 11) is 0. The average molecular weight is 2110 g/mol. The van der Waals surface area contributed by atoms with E-state index in [1.165, 1.54) is 110 Å². The van der Waals surface area contributed by atoms with Crippen LogP contribution in [0.4, 0.5) is 0 Å². The van der Waals surface area contributed by atoms with Gasteiger partial charge in [-0.15, -0.1) is 51.0 Å². The minimum atomic E-state index is -0.969. The van der Waals surface area contributed by atoms with Crippen molar-refractivity contribution in [3.05, 3.63) is 239 Å². The second-order valence-electron chi connectivity index (χ2n) is 40.7. The molecule has 5 atom stereocenters. The summed E-state index contributed by atoms with van der Waals surface area (Å²) >= 11 is 6.57. The molecule has 5 heterocycles. The number of aromatic nitrogens is 15. The third-order valence-electron chi connectivity index (χ3n) is 26.6. The molecule has 1 fully saturated rings.